The second-order valence-corrected chi connectivity index (χ2v) is 5.23. The van der Waals surface area contributed by atoms with Crippen molar-refractivity contribution < 1.29 is 13.9 Å². The minimum Gasteiger partial charge on any atom is -0.468 e. The van der Waals surface area contributed by atoms with Crippen LogP contribution in [0.2, 0.25) is 0 Å². The van der Waals surface area contributed by atoms with Gasteiger partial charge < -0.3 is 4.74 Å². The van der Waals surface area contributed by atoms with Gasteiger partial charge in [0.15, 0.2) is 0 Å². The van der Waals surface area contributed by atoms with Crippen molar-refractivity contribution in [3.8, 4) is 0 Å². The van der Waals surface area contributed by atoms with Crippen LogP contribution in [0.5, 0.6) is 0 Å². The van der Waals surface area contributed by atoms with Crippen LogP contribution >= 0.6 is 0 Å². The van der Waals surface area contributed by atoms with E-state index >= 15 is 0 Å². The summed E-state index contributed by atoms with van der Waals surface area (Å²) in [6.45, 7) is 6.09. The van der Waals surface area contributed by atoms with Gasteiger partial charge in [-0.1, -0.05) is 20.8 Å². The van der Waals surface area contributed by atoms with E-state index in [2.05, 4.69) is 24.1 Å². The number of nitrogens with one attached hydrogen (secondary N) is 1. The average Bonchev–Trinajstić information content (AvgIpc) is 2.43. The maximum atomic E-state index is 12.9. The van der Waals surface area contributed by atoms with Crippen molar-refractivity contribution in [3.63, 3.8) is 0 Å². The Morgan fingerprint density at radius 3 is 2.60 bits per heavy atom. The fourth-order valence-corrected chi connectivity index (χ4v) is 2.09. The van der Waals surface area contributed by atoms with Crippen LogP contribution in [0, 0.1) is 11.7 Å². The lowest BCUT2D eigenvalue weighted by Gasteiger charge is -2.24. The van der Waals surface area contributed by atoms with Crippen LogP contribution in [0.25, 0.3) is 0 Å². The molecule has 0 radical (unpaired) electrons. The molecule has 0 spiro atoms. The van der Waals surface area contributed by atoms with E-state index in [0.717, 1.165) is 12.1 Å². The number of rotatable bonds is 7. The molecule has 1 aromatic heterocycles. The molecule has 1 N–H and O–H groups in total. The van der Waals surface area contributed by atoms with Crippen molar-refractivity contribution in [2.45, 2.75) is 45.7 Å². The summed E-state index contributed by atoms with van der Waals surface area (Å²) in [4.78, 5) is 15.9. The minimum atomic E-state index is -0.378. The molecule has 20 heavy (non-hydrogen) atoms. The molecule has 0 fully saturated rings. The van der Waals surface area contributed by atoms with Crippen LogP contribution in [0.3, 0.4) is 0 Å². The van der Waals surface area contributed by atoms with Crippen LogP contribution in [0.4, 0.5) is 4.39 Å². The summed E-state index contributed by atoms with van der Waals surface area (Å²) in [5, 5.41) is 3.26. The maximum absolute atomic E-state index is 12.9. The zero-order valence-electron chi connectivity index (χ0n) is 12.5. The third kappa shape index (κ3) is 4.89. The third-order valence-electron chi connectivity index (χ3n) is 3.11. The number of nitrogens with zero attached hydrogens (tertiary/aromatic N) is 1. The predicted molar refractivity (Wildman–Crippen MR) is 75.6 cm³/mol. The summed E-state index contributed by atoms with van der Waals surface area (Å²) in [5.41, 5.74) is 0.728. The molecule has 1 aromatic rings. The molecule has 2 unspecified atom stereocenters. The number of aromatic nitrogens is 1. The second kappa shape index (κ2) is 7.94. The zero-order valence-corrected chi connectivity index (χ0v) is 12.5. The molecular formula is C15H23FN2O2. The van der Waals surface area contributed by atoms with Gasteiger partial charge in [-0.25, -0.2) is 4.39 Å². The Kier molecular flexibility index (Phi) is 6.58. The topological polar surface area (TPSA) is 51.2 Å². The molecule has 0 amide bonds. The molecule has 0 saturated carbocycles. The van der Waals surface area contributed by atoms with E-state index in [4.69, 9.17) is 4.74 Å². The first kappa shape index (κ1) is 16.6. The van der Waals surface area contributed by atoms with Crippen molar-refractivity contribution in [2.24, 2.45) is 5.92 Å². The highest BCUT2D eigenvalue weighted by molar-refractivity contribution is 5.75. The first-order valence-electron chi connectivity index (χ1n) is 6.93. The van der Waals surface area contributed by atoms with Gasteiger partial charge in [-0.3, -0.25) is 15.1 Å². The molecule has 0 aliphatic heterocycles. The number of carbonyl (C=O) groups excluding carboxylic acids is 1. The van der Waals surface area contributed by atoms with E-state index in [0.29, 0.717) is 12.3 Å². The van der Waals surface area contributed by atoms with Gasteiger partial charge >= 0.3 is 5.97 Å². The molecular weight excluding hydrogens is 259 g/mol. The lowest BCUT2D eigenvalue weighted by Crippen LogP contribution is -2.41. The smallest absolute Gasteiger partial charge is 0.322 e. The summed E-state index contributed by atoms with van der Waals surface area (Å²) in [7, 11) is 1.38. The normalized spacial score (nSPS) is 14.1. The highest BCUT2D eigenvalue weighted by Gasteiger charge is 2.24. The molecule has 1 heterocycles. The summed E-state index contributed by atoms with van der Waals surface area (Å²) in [6, 6.07) is 2.54. The quantitative estimate of drug-likeness (QED) is 0.781. The number of carbonyl (C=O) groups is 1. The minimum absolute atomic E-state index is 0.0987. The Hall–Kier alpha value is -1.49. The fraction of sp³-hybridized carbons (Fsp3) is 0.600. The summed E-state index contributed by atoms with van der Waals surface area (Å²) in [5.74, 6) is -0.278. The number of ether oxygens (including phenoxy) is 1. The van der Waals surface area contributed by atoms with E-state index in [9.17, 15) is 9.18 Å². The van der Waals surface area contributed by atoms with E-state index < -0.39 is 0 Å². The number of methoxy groups -OCH3 is 1. The molecule has 4 nitrogen and oxygen atoms in total. The van der Waals surface area contributed by atoms with Crippen LogP contribution in [0.1, 0.15) is 45.3 Å². The Bertz CT molecular complexity index is 420. The average molecular weight is 282 g/mol. The van der Waals surface area contributed by atoms with Gasteiger partial charge in [0.2, 0.25) is 0 Å². The fourth-order valence-electron chi connectivity index (χ4n) is 2.09. The number of pyridine rings is 1. The molecule has 0 aliphatic rings. The van der Waals surface area contributed by atoms with Crippen LogP contribution in [-0.2, 0) is 9.53 Å². The summed E-state index contributed by atoms with van der Waals surface area (Å²) < 4.78 is 17.7. The predicted octanol–water partition coefficient (Wildman–Crippen LogP) is 2.85. The van der Waals surface area contributed by atoms with Crippen molar-refractivity contribution in [2.75, 3.05) is 7.11 Å². The summed E-state index contributed by atoms with van der Waals surface area (Å²) in [6.07, 6.45) is 2.63. The first-order valence-corrected chi connectivity index (χ1v) is 6.93. The van der Waals surface area contributed by atoms with E-state index in [1.165, 1.54) is 19.4 Å². The molecule has 0 bridgehead atoms. The van der Waals surface area contributed by atoms with Crippen molar-refractivity contribution in [1.82, 2.24) is 10.3 Å². The van der Waals surface area contributed by atoms with Gasteiger partial charge in [0.25, 0.3) is 0 Å². The number of esters is 1. The van der Waals surface area contributed by atoms with Crippen molar-refractivity contribution >= 4 is 5.97 Å². The number of hydrogen-bond acceptors (Lipinski definition) is 4. The number of halogens is 1. The molecule has 112 valence electrons. The highest BCUT2D eigenvalue weighted by atomic mass is 19.1. The lowest BCUT2D eigenvalue weighted by molar-refractivity contribution is -0.143. The van der Waals surface area contributed by atoms with E-state index in [1.54, 1.807) is 6.07 Å². The van der Waals surface area contributed by atoms with Gasteiger partial charge in [0, 0.05) is 6.04 Å². The monoisotopic (exact) mass is 282 g/mol. The van der Waals surface area contributed by atoms with Crippen LogP contribution in [0.15, 0.2) is 18.3 Å². The van der Waals surface area contributed by atoms with Crippen LogP contribution < -0.4 is 5.32 Å². The molecule has 1 rings (SSSR count). The Morgan fingerprint density at radius 2 is 2.15 bits per heavy atom. The van der Waals surface area contributed by atoms with Gasteiger partial charge in [-0.15, -0.1) is 0 Å². The van der Waals surface area contributed by atoms with Gasteiger partial charge in [-0.05, 0) is 30.9 Å². The molecule has 0 saturated heterocycles. The van der Waals surface area contributed by atoms with Crippen LogP contribution in [-0.4, -0.2) is 24.1 Å². The molecule has 2 atom stereocenters. The first-order chi connectivity index (χ1) is 9.47. The Morgan fingerprint density at radius 1 is 1.45 bits per heavy atom. The lowest BCUT2D eigenvalue weighted by atomic mass is 10.0. The number of hydrogen-bond donors (Lipinski definition) is 1. The standard InChI is InChI=1S/C15H23FN2O2/c1-5-12(13-7-6-11(16)9-17-13)18-14(8-10(2)3)15(19)20-4/h6-7,9-10,12,14,18H,5,8H2,1-4H3. The maximum Gasteiger partial charge on any atom is 0.322 e. The Labute approximate surface area is 119 Å². The van der Waals surface area contributed by atoms with E-state index in [-0.39, 0.29) is 23.9 Å². The van der Waals surface area contributed by atoms with Gasteiger partial charge in [0.1, 0.15) is 11.9 Å². The third-order valence-corrected chi connectivity index (χ3v) is 3.11. The second-order valence-electron chi connectivity index (χ2n) is 5.23. The van der Waals surface area contributed by atoms with Crippen molar-refractivity contribution in [3.05, 3.63) is 29.8 Å². The molecule has 0 aromatic carbocycles. The largest absolute Gasteiger partial charge is 0.468 e. The van der Waals surface area contributed by atoms with E-state index in [1.807, 2.05) is 6.92 Å². The SMILES string of the molecule is CCC(NC(CC(C)C)C(=O)OC)c1ccc(F)cn1. The molecule has 5 heteroatoms. The zero-order chi connectivity index (χ0) is 15.1. The Balaban J connectivity index is 2.82. The summed E-state index contributed by atoms with van der Waals surface area (Å²) >= 11 is 0. The van der Waals surface area contributed by atoms with Gasteiger partial charge in [-0.2, -0.15) is 0 Å². The van der Waals surface area contributed by atoms with Gasteiger partial charge in [0.05, 0.1) is 19.0 Å². The highest BCUT2D eigenvalue weighted by Crippen LogP contribution is 2.17. The molecule has 0 aliphatic carbocycles. The van der Waals surface area contributed by atoms with Crippen molar-refractivity contribution in [1.29, 1.82) is 0 Å².